The molecule has 0 aliphatic rings. The Bertz CT molecular complexity index is 1320. The first kappa shape index (κ1) is 23.9. The van der Waals surface area contributed by atoms with E-state index >= 15 is 0 Å². The molecule has 180 valence electrons. The number of fused-ring (bicyclic) bond motifs is 1. The summed E-state index contributed by atoms with van der Waals surface area (Å²) < 4.78 is 7.06. The minimum Gasteiger partial charge on any atom is -0.508 e. The monoisotopic (exact) mass is 474 g/mol. The van der Waals surface area contributed by atoms with Gasteiger partial charge in [-0.2, -0.15) is 5.10 Å². The standard InChI is InChI=1S/C26H26N4O5/c1-35-16-19(13-17-3-6-20(31)7-4-17)28-25(32)24-15-22(26(33)34)21-14-18(5-8-23(21)29-24)9-12-30-11-2-10-27-30/h2-8,10-11,14-15,19,31H,9,12-13,16H2,1H3,(H,28,32)(H,33,34)/t19-/m0/s1. The van der Waals surface area contributed by atoms with Crippen LogP contribution in [0.1, 0.15) is 32.0 Å². The quantitative estimate of drug-likeness (QED) is 0.322. The summed E-state index contributed by atoms with van der Waals surface area (Å²) in [4.78, 5) is 29.5. The molecule has 1 amide bonds. The molecule has 35 heavy (non-hydrogen) atoms. The molecular weight excluding hydrogens is 448 g/mol. The third-order valence-corrected chi connectivity index (χ3v) is 5.65. The molecular formula is C26H26N4O5. The number of phenolic OH excluding ortho intramolecular Hbond substituents is 1. The minimum absolute atomic E-state index is 0.0166. The number of rotatable bonds is 10. The highest BCUT2D eigenvalue weighted by Gasteiger charge is 2.20. The maximum atomic E-state index is 13.0. The van der Waals surface area contributed by atoms with E-state index in [4.69, 9.17) is 4.74 Å². The lowest BCUT2D eigenvalue weighted by Crippen LogP contribution is -2.40. The number of amides is 1. The third-order valence-electron chi connectivity index (χ3n) is 5.65. The van der Waals surface area contributed by atoms with Crippen molar-refractivity contribution in [3.63, 3.8) is 0 Å². The van der Waals surface area contributed by atoms with Gasteiger partial charge in [0.2, 0.25) is 0 Å². The van der Waals surface area contributed by atoms with Gasteiger partial charge < -0.3 is 20.3 Å². The summed E-state index contributed by atoms with van der Waals surface area (Å²) in [5, 5.41) is 26.9. The molecule has 0 saturated heterocycles. The molecule has 0 aliphatic heterocycles. The normalized spacial score (nSPS) is 11.9. The van der Waals surface area contributed by atoms with Gasteiger partial charge in [-0.25, -0.2) is 9.78 Å². The number of aryl methyl sites for hydroxylation is 2. The number of nitrogens with one attached hydrogen (secondary N) is 1. The summed E-state index contributed by atoms with van der Waals surface area (Å²) in [7, 11) is 1.54. The Kier molecular flexibility index (Phi) is 7.37. The molecule has 4 aromatic rings. The van der Waals surface area contributed by atoms with Gasteiger partial charge in [-0.05, 0) is 60.4 Å². The molecule has 0 radical (unpaired) electrons. The fourth-order valence-corrected chi connectivity index (χ4v) is 3.93. The Morgan fingerprint density at radius 2 is 1.89 bits per heavy atom. The van der Waals surface area contributed by atoms with Crippen molar-refractivity contribution in [2.24, 2.45) is 0 Å². The Labute approximate surface area is 202 Å². The van der Waals surface area contributed by atoms with Gasteiger partial charge in [-0.15, -0.1) is 0 Å². The molecule has 0 unspecified atom stereocenters. The van der Waals surface area contributed by atoms with Gasteiger partial charge in [0.25, 0.3) is 5.91 Å². The number of hydrogen-bond donors (Lipinski definition) is 3. The SMILES string of the molecule is COC[C@H](Cc1ccc(O)cc1)NC(=O)c1cc(C(=O)O)c2cc(CCn3cccn3)ccc2n1. The van der Waals surface area contributed by atoms with Crippen LogP contribution in [0.4, 0.5) is 0 Å². The number of ether oxygens (including phenoxy) is 1. The minimum atomic E-state index is -1.13. The highest BCUT2D eigenvalue weighted by atomic mass is 16.5. The zero-order valence-electron chi connectivity index (χ0n) is 19.2. The number of carbonyl (C=O) groups excluding carboxylic acids is 1. The molecule has 2 aromatic heterocycles. The average molecular weight is 475 g/mol. The third kappa shape index (κ3) is 6.01. The van der Waals surface area contributed by atoms with E-state index in [-0.39, 0.29) is 29.7 Å². The number of carboxylic acid groups (broad SMARTS) is 1. The van der Waals surface area contributed by atoms with Gasteiger partial charge in [0.1, 0.15) is 11.4 Å². The van der Waals surface area contributed by atoms with Crippen molar-refractivity contribution in [3.8, 4) is 5.75 Å². The van der Waals surface area contributed by atoms with Crippen molar-refractivity contribution in [1.29, 1.82) is 0 Å². The summed E-state index contributed by atoms with van der Waals surface area (Å²) in [6.45, 7) is 0.919. The van der Waals surface area contributed by atoms with Crippen LogP contribution in [-0.2, 0) is 24.1 Å². The fourth-order valence-electron chi connectivity index (χ4n) is 3.93. The van der Waals surface area contributed by atoms with Crippen LogP contribution in [0.15, 0.2) is 67.0 Å². The molecule has 0 saturated carbocycles. The Balaban J connectivity index is 1.56. The molecule has 0 aliphatic carbocycles. The summed E-state index contributed by atoms with van der Waals surface area (Å²) in [5.41, 5.74) is 2.32. The largest absolute Gasteiger partial charge is 0.508 e. The van der Waals surface area contributed by atoms with E-state index in [1.165, 1.54) is 13.2 Å². The van der Waals surface area contributed by atoms with Crippen LogP contribution in [0.2, 0.25) is 0 Å². The van der Waals surface area contributed by atoms with Gasteiger partial charge in [-0.3, -0.25) is 9.48 Å². The van der Waals surface area contributed by atoms with Gasteiger partial charge in [0.05, 0.1) is 23.7 Å². The number of aromatic nitrogens is 3. The number of phenols is 1. The summed E-state index contributed by atoms with van der Waals surface area (Å²) in [5.74, 6) is -1.46. The van der Waals surface area contributed by atoms with Crippen molar-refractivity contribution in [2.45, 2.75) is 25.4 Å². The topological polar surface area (TPSA) is 127 Å². The Morgan fingerprint density at radius 1 is 1.11 bits per heavy atom. The fraction of sp³-hybridized carbons (Fsp3) is 0.231. The Morgan fingerprint density at radius 3 is 2.57 bits per heavy atom. The van der Waals surface area contributed by atoms with E-state index in [1.807, 2.05) is 23.0 Å². The number of benzene rings is 2. The van der Waals surface area contributed by atoms with Crippen LogP contribution in [0, 0.1) is 0 Å². The smallest absolute Gasteiger partial charge is 0.336 e. The van der Waals surface area contributed by atoms with Gasteiger partial charge in [0.15, 0.2) is 0 Å². The first-order valence-electron chi connectivity index (χ1n) is 11.1. The summed E-state index contributed by atoms with van der Waals surface area (Å²) >= 11 is 0. The number of pyridine rings is 1. The van der Waals surface area contributed by atoms with Crippen molar-refractivity contribution >= 4 is 22.8 Å². The van der Waals surface area contributed by atoms with Crippen LogP contribution in [0.5, 0.6) is 5.75 Å². The number of carbonyl (C=O) groups is 2. The molecule has 2 aromatic carbocycles. The maximum absolute atomic E-state index is 13.0. The van der Waals surface area contributed by atoms with Crippen molar-refractivity contribution in [3.05, 3.63) is 89.4 Å². The van der Waals surface area contributed by atoms with Crippen LogP contribution in [0.3, 0.4) is 0 Å². The van der Waals surface area contributed by atoms with Crippen LogP contribution in [-0.4, -0.2) is 56.6 Å². The van der Waals surface area contributed by atoms with E-state index in [0.29, 0.717) is 30.3 Å². The summed E-state index contributed by atoms with van der Waals surface area (Å²) in [6.07, 6.45) is 4.73. The number of carboxylic acids is 1. The summed E-state index contributed by atoms with van der Waals surface area (Å²) in [6, 6.07) is 14.9. The van der Waals surface area contributed by atoms with Gasteiger partial charge in [0, 0.05) is 31.4 Å². The lowest BCUT2D eigenvalue weighted by Gasteiger charge is -2.18. The highest BCUT2D eigenvalue weighted by molar-refractivity contribution is 6.06. The molecule has 2 heterocycles. The molecule has 0 spiro atoms. The second-order valence-electron chi connectivity index (χ2n) is 8.23. The maximum Gasteiger partial charge on any atom is 0.336 e. The second kappa shape index (κ2) is 10.8. The van der Waals surface area contributed by atoms with Crippen molar-refractivity contribution in [2.75, 3.05) is 13.7 Å². The van der Waals surface area contributed by atoms with Crippen molar-refractivity contribution < 1.29 is 24.5 Å². The van der Waals surface area contributed by atoms with Gasteiger partial charge >= 0.3 is 5.97 Å². The second-order valence-corrected chi connectivity index (χ2v) is 8.23. The number of methoxy groups -OCH3 is 1. The zero-order valence-corrected chi connectivity index (χ0v) is 19.2. The van der Waals surface area contributed by atoms with Crippen LogP contribution >= 0.6 is 0 Å². The van der Waals surface area contributed by atoms with E-state index in [1.54, 1.807) is 42.6 Å². The molecule has 4 rings (SSSR count). The lowest BCUT2D eigenvalue weighted by molar-refractivity contribution is 0.0699. The van der Waals surface area contributed by atoms with Crippen molar-refractivity contribution in [1.82, 2.24) is 20.1 Å². The first-order chi connectivity index (χ1) is 16.9. The zero-order chi connectivity index (χ0) is 24.8. The lowest BCUT2D eigenvalue weighted by atomic mass is 10.0. The molecule has 0 fully saturated rings. The number of aromatic hydroxyl groups is 1. The number of nitrogens with zero attached hydrogens (tertiary/aromatic N) is 3. The van der Waals surface area contributed by atoms with E-state index < -0.39 is 11.9 Å². The predicted molar refractivity (Wildman–Crippen MR) is 130 cm³/mol. The molecule has 9 heteroatoms. The number of aromatic carboxylic acids is 1. The van der Waals surface area contributed by atoms with E-state index in [2.05, 4.69) is 15.4 Å². The highest BCUT2D eigenvalue weighted by Crippen LogP contribution is 2.21. The predicted octanol–water partition coefficient (Wildman–Crippen LogP) is 3.07. The molecule has 1 atom stereocenters. The first-order valence-corrected chi connectivity index (χ1v) is 11.1. The van der Waals surface area contributed by atoms with E-state index in [0.717, 1.165) is 11.1 Å². The molecule has 9 nitrogen and oxygen atoms in total. The average Bonchev–Trinajstić information content (AvgIpc) is 3.37. The van der Waals surface area contributed by atoms with Crippen LogP contribution < -0.4 is 5.32 Å². The molecule has 0 bridgehead atoms. The molecule has 3 N–H and O–H groups in total. The van der Waals surface area contributed by atoms with Crippen LogP contribution in [0.25, 0.3) is 10.9 Å². The number of hydrogen-bond acceptors (Lipinski definition) is 6. The van der Waals surface area contributed by atoms with Gasteiger partial charge in [-0.1, -0.05) is 18.2 Å². The Hall–Kier alpha value is -4.24. The van der Waals surface area contributed by atoms with E-state index in [9.17, 15) is 19.8 Å².